The lowest BCUT2D eigenvalue weighted by atomic mass is 9.68. The average molecular weight is 326 g/mol. The van der Waals surface area contributed by atoms with Crippen molar-refractivity contribution < 1.29 is 9.59 Å². The fourth-order valence-electron chi connectivity index (χ4n) is 5.16. The van der Waals surface area contributed by atoms with Crippen LogP contribution in [-0.4, -0.2) is 24.4 Å². The molecule has 3 fully saturated rings. The first-order valence-corrected chi connectivity index (χ1v) is 9.27. The van der Waals surface area contributed by atoms with Crippen LogP contribution in [0.3, 0.4) is 0 Å². The van der Waals surface area contributed by atoms with Crippen LogP contribution in [0.2, 0.25) is 0 Å². The maximum Gasteiger partial charge on any atom is 0.227 e. The van der Waals surface area contributed by atoms with Gasteiger partial charge in [0.25, 0.3) is 0 Å². The van der Waals surface area contributed by atoms with Crippen LogP contribution in [0.15, 0.2) is 30.3 Å². The van der Waals surface area contributed by atoms with Crippen molar-refractivity contribution in [1.82, 2.24) is 10.6 Å². The van der Waals surface area contributed by atoms with Crippen molar-refractivity contribution in [3.05, 3.63) is 35.9 Å². The minimum Gasteiger partial charge on any atom is -0.354 e. The summed E-state index contributed by atoms with van der Waals surface area (Å²) in [4.78, 5) is 24.6. The highest BCUT2D eigenvalue weighted by Crippen LogP contribution is 2.57. The predicted molar refractivity (Wildman–Crippen MR) is 92.2 cm³/mol. The van der Waals surface area contributed by atoms with E-state index in [-0.39, 0.29) is 23.3 Å². The molecule has 1 heterocycles. The van der Waals surface area contributed by atoms with Crippen LogP contribution in [0, 0.1) is 17.3 Å². The van der Waals surface area contributed by atoms with Crippen LogP contribution < -0.4 is 10.6 Å². The first-order valence-electron chi connectivity index (χ1n) is 9.27. The second-order valence-electron chi connectivity index (χ2n) is 7.91. The first-order chi connectivity index (χ1) is 11.7. The summed E-state index contributed by atoms with van der Waals surface area (Å²) in [5, 5.41) is 6.14. The molecule has 1 aliphatic heterocycles. The Morgan fingerprint density at radius 1 is 1.21 bits per heavy atom. The van der Waals surface area contributed by atoms with Gasteiger partial charge in [0.1, 0.15) is 0 Å². The Bertz CT molecular complexity index is 620. The minimum atomic E-state index is -0.244. The van der Waals surface area contributed by atoms with Gasteiger partial charge in [-0.1, -0.05) is 36.8 Å². The van der Waals surface area contributed by atoms with E-state index < -0.39 is 0 Å². The highest BCUT2D eigenvalue weighted by molar-refractivity contribution is 5.85. The second-order valence-corrected chi connectivity index (χ2v) is 7.91. The summed E-state index contributed by atoms with van der Waals surface area (Å²) in [6.07, 6.45) is 6.83. The second kappa shape index (κ2) is 6.23. The molecule has 4 nitrogen and oxygen atoms in total. The lowest BCUT2D eigenvalue weighted by Gasteiger charge is -2.38. The molecule has 2 amide bonds. The molecule has 2 saturated carbocycles. The van der Waals surface area contributed by atoms with Gasteiger partial charge < -0.3 is 10.6 Å². The number of hydrogen-bond acceptors (Lipinski definition) is 2. The lowest BCUT2D eigenvalue weighted by Crippen LogP contribution is -2.54. The molecule has 128 valence electrons. The van der Waals surface area contributed by atoms with Crippen molar-refractivity contribution in [3.8, 4) is 0 Å². The molecule has 24 heavy (non-hydrogen) atoms. The number of amides is 2. The zero-order valence-electron chi connectivity index (χ0n) is 14.1. The fourth-order valence-corrected chi connectivity index (χ4v) is 5.16. The number of carbonyl (C=O) groups is 2. The lowest BCUT2D eigenvalue weighted by molar-refractivity contribution is -0.136. The molecule has 3 aliphatic rings. The van der Waals surface area contributed by atoms with Gasteiger partial charge in [-0.3, -0.25) is 9.59 Å². The molecular formula is C20H26N2O2. The number of fused-ring (bicyclic) bond motifs is 2. The Morgan fingerprint density at radius 3 is 2.67 bits per heavy atom. The van der Waals surface area contributed by atoms with Crippen molar-refractivity contribution in [2.75, 3.05) is 6.54 Å². The van der Waals surface area contributed by atoms with Gasteiger partial charge in [-0.25, -0.2) is 0 Å². The minimum absolute atomic E-state index is 0.0852. The van der Waals surface area contributed by atoms with E-state index in [1.807, 2.05) is 6.07 Å². The van der Waals surface area contributed by atoms with Gasteiger partial charge in [0.2, 0.25) is 11.8 Å². The number of benzene rings is 1. The molecule has 1 aromatic carbocycles. The molecule has 1 saturated heterocycles. The van der Waals surface area contributed by atoms with Crippen LogP contribution >= 0.6 is 0 Å². The van der Waals surface area contributed by atoms with Crippen LogP contribution in [-0.2, 0) is 16.0 Å². The summed E-state index contributed by atoms with van der Waals surface area (Å²) < 4.78 is 0. The van der Waals surface area contributed by atoms with Crippen LogP contribution in [0.5, 0.6) is 0 Å². The topological polar surface area (TPSA) is 58.2 Å². The van der Waals surface area contributed by atoms with E-state index in [2.05, 4.69) is 34.9 Å². The van der Waals surface area contributed by atoms with Gasteiger partial charge in [0.05, 0.1) is 5.41 Å². The normalized spacial score (nSPS) is 34.8. The highest BCUT2D eigenvalue weighted by Gasteiger charge is 2.55. The average Bonchev–Trinajstić information content (AvgIpc) is 3.19. The Morgan fingerprint density at radius 2 is 2.04 bits per heavy atom. The highest BCUT2D eigenvalue weighted by atomic mass is 16.2. The molecule has 2 aliphatic carbocycles. The smallest absolute Gasteiger partial charge is 0.227 e. The molecule has 0 aromatic heterocycles. The van der Waals surface area contributed by atoms with Crippen molar-refractivity contribution in [1.29, 1.82) is 0 Å². The van der Waals surface area contributed by atoms with Crippen LogP contribution in [0.1, 0.15) is 44.1 Å². The van der Waals surface area contributed by atoms with Gasteiger partial charge in [-0.05, 0) is 49.5 Å². The standard InChI is InChI=1S/C20H26N2O2/c23-18-9-8-17(13-21-18)22-19(24)20(11-14-4-2-1-3-5-14)12-15-6-7-16(20)10-15/h1-5,15-17H,6-13H2,(H,21,23)(H,22,24)/t15-,16-,17-,20-/m0/s1. The Labute approximate surface area is 143 Å². The third-order valence-electron chi connectivity index (χ3n) is 6.39. The number of piperidine rings is 1. The van der Waals surface area contributed by atoms with E-state index in [1.165, 1.54) is 24.8 Å². The number of nitrogens with one attached hydrogen (secondary N) is 2. The molecular weight excluding hydrogens is 300 g/mol. The third kappa shape index (κ3) is 2.83. The van der Waals surface area contributed by atoms with Crippen LogP contribution in [0.25, 0.3) is 0 Å². The Kier molecular flexibility index (Phi) is 4.07. The number of rotatable bonds is 4. The summed E-state index contributed by atoms with van der Waals surface area (Å²) in [5.74, 6) is 1.55. The SMILES string of the molecule is O=C1CC[C@H](NC(=O)[C@@]2(Cc3ccccc3)C[C@H]3CC[C@H]2C3)CN1. The zero-order valence-corrected chi connectivity index (χ0v) is 14.1. The first kappa shape index (κ1) is 15.7. The summed E-state index contributed by atoms with van der Waals surface area (Å²) in [7, 11) is 0. The van der Waals surface area contributed by atoms with Gasteiger partial charge in [-0.2, -0.15) is 0 Å². The quantitative estimate of drug-likeness (QED) is 0.893. The van der Waals surface area contributed by atoms with Gasteiger partial charge >= 0.3 is 0 Å². The predicted octanol–water partition coefficient (Wildman–Crippen LogP) is 2.43. The maximum absolute atomic E-state index is 13.3. The fraction of sp³-hybridized carbons (Fsp3) is 0.600. The van der Waals surface area contributed by atoms with Crippen molar-refractivity contribution in [2.45, 2.75) is 51.0 Å². The van der Waals surface area contributed by atoms with E-state index in [9.17, 15) is 9.59 Å². The van der Waals surface area contributed by atoms with Crippen molar-refractivity contribution in [2.24, 2.45) is 17.3 Å². The van der Waals surface area contributed by atoms with E-state index in [0.717, 1.165) is 25.2 Å². The summed E-state index contributed by atoms with van der Waals surface area (Å²) >= 11 is 0. The molecule has 2 N–H and O–H groups in total. The van der Waals surface area contributed by atoms with Gasteiger partial charge in [0, 0.05) is 19.0 Å². The molecule has 0 unspecified atom stereocenters. The number of hydrogen-bond donors (Lipinski definition) is 2. The summed E-state index contributed by atoms with van der Waals surface area (Å²) in [6.45, 7) is 0.570. The molecule has 4 atom stereocenters. The Hall–Kier alpha value is -1.84. The van der Waals surface area contributed by atoms with E-state index in [4.69, 9.17) is 0 Å². The van der Waals surface area contributed by atoms with E-state index >= 15 is 0 Å². The van der Waals surface area contributed by atoms with Gasteiger partial charge in [0.15, 0.2) is 0 Å². The molecule has 0 radical (unpaired) electrons. The maximum atomic E-state index is 13.3. The third-order valence-corrected chi connectivity index (χ3v) is 6.39. The molecule has 4 rings (SSSR count). The van der Waals surface area contributed by atoms with Crippen molar-refractivity contribution >= 4 is 11.8 Å². The van der Waals surface area contributed by atoms with E-state index in [0.29, 0.717) is 18.9 Å². The summed E-state index contributed by atoms with van der Waals surface area (Å²) in [5.41, 5.74) is 1.02. The van der Waals surface area contributed by atoms with Crippen LogP contribution in [0.4, 0.5) is 0 Å². The number of carbonyl (C=O) groups excluding carboxylic acids is 2. The largest absolute Gasteiger partial charge is 0.354 e. The summed E-state index contributed by atoms with van der Waals surface area (Å²) in [6, 6.07) is 10.5. The molecule has 1 aromatic rings. The zero-order chi connectivity index (χ0) is 16.6. The Balaban J connectivity index is 1.52. The van der Waals surface area contributed by atoms with Crippen molar-refractivity contribution in [3.63, 3.8) is 0 Å². The van der Waals surface area contributed by atoms with E-state index in [1.54, 1.807) is 0 Å². The monoisotopic (exact) mass is 326 g/mol. The molecule has 0 spiro atoms. The molecule has 2 bridgehead atoms. The molecule has 4 heteroatoms. The van der Waals surface area contributed by atoms with Gasteiger partial charge in [-0.15, -0.1) is 0 Å².